The predicted octanol–water partition coefficient (Wildman–Crippen LogP) is 3.89. The number of para-hydroxylation sites is 1. The molecule has 3 rings (SSSR count). The Bertz CT molecular complexity index is 781. The van der Waals surface area contributed by atoms with E-state index >= 15 is 0 Å². The van der Waals surface area contributed by atoms with Crippen molar-refractivity contribution in [2.75, 3.05) is 5.32 Å². The van der Waals surface area contributed by atoms with Gasteiger partial charge >= 0.3 is 0 Å². The van der Waals surface area contributed by atoms with Crippen LogP contribution in [0.4, 0.5) is 17.1 Å². The molecule has 0 saturated carbocycles. The number of aromatic nitrogens is 1. The van der Waals surface area contributed by atoms with Gasteiger partial charge < -0.3 is 5.32 Å². The van der Waals surface area contributed by atoms with E-state index in [4.69, 9.17) is 0 Å². The van der Waals surface area contributed by atoms with Gasteiger partial charge in [0.1, 0.15) is 0 Å². The number of nitrogens with one attached hydrogen (secondary N) is 1. The van der Waals surface area contributed by atoms with Gasteiger partial charge in [-0.2, -0.15) is 0 Å². The second kappa shape index (κ2) is 4.97. The molecule has 0 fully saturated rings. The van der Waals surface area contributed by atoms with Crippen LogP contribution in [0.2, 0.25) is 0 Å². The number of rotatable bonds is 3. The molecule has 5 heteroatoms. The van der Waals surface area contributed by atoms with Gasteiger partial charge in [0.25, 0.3) is 5.69 Å². The van der Waals surface area contributed by atoms with Crippen LogP contribution in [0.1, 0.15) is 0 Å². The largest absolute Gasteiger partial charge is 0.355 e. The van der Waals surface area contributed by atoms with E-state index in [0.717, 1.165) is 16.6 Å². The quantitative estimate of drug-likeness (QED) is 0.576. The van der Waals surface area contributed by atoms with E-state index in [2.05, 4.69) is 10.3 Å². The molecule has 98 valence electrons. The third kappa shape index (κ3) is 2.29. The molecule has 0 unspecified atom stereocenters. The molecule has 20 heavy (non-hydrogen) atoms. The molecule has 0 bridgehead atoms. The number of hydrogen-bond donors (Lipinski definition) is 1. The summed E-state index contributed by atoms with van der Waals surface area (Å²) in [4.78, 5) is 14.7. The number of nitrogens with zero attached hydrogens (tertiary/aromatic N) is 2. The highest BCUT2D eigenvalue weighted by atomic mass is 16.6. The van der Waals surface area contributed by atoms with Crippen LogP contribution in [0.15, 0.2) is 60.8 Å². The van der Waals surface area contributed by atoms with E-state index in [-0.39, 0.29) is 5.69 Å². The number of benzene rings is 2. The van der Waals surface area contributed by atoms with Crippen LogP contribution in [0, 0.1) is 10.1 Å². The molecule has 0 aliphatic carbocycles. The molecule has 0 radical (unpaired) electrons. The van der Waals surface area contributed by atoms with Crippen LogP contribution in [0.3, 0.4) is 0 Å². The average molecular weight is 265 g/mol. The predicted molar refractivity (Wildman–Crippen MR) is 78.1 cm³/mol. The minimum atomic E-state index is -0.407. The molecular formula is C15H11N3O2. The van der Waals surface area contributed by atoms with Crippen molar-refractivity contribution in [2.24, 2.45) is 0 Å². The fraction of sp³-hybridized carbons (Fsp3) is 0. The fourth-order valence-corrected chi connectivity index (χ4v) is 2.06. The maximum absolute atomic E-state index is 10.8. The highest BCUT2D eigenvalue weighted by Gasteiger charge is 2.07. The molecule has 0 aliphatic heterocycles. The first-order valence-electron chi connectivity index (χ1n) is 6.09. The van der Waals surface area contributed by atoms with E-state index in [1.807, 2.05) is 30.3 Å². The highest BCUT2D eigenvalue weighted by molar-refractivity contribution is 5.92. The maximum atomic E-state index is 10.8. The van der Waals surface area contributed by atoms with Crippen molar-refractivity contribution in [3.05, 3.63) is 70.9 Å². The van der Waals surface area contributed by atoms with E-state index in [0.29, 0.717) is 5.69 Å². The Hall–Kier alpha value is -2.95. The SMILES string of the molecule is O=[N+]([O-])c1cccc(Nc2ccnc3ccccc23)c1. The van der Waals surface area contributed by atoms with Gasteiger partial charge in [-0.15, -0.1) is 0 Å². The monoisotopic (exact) mass is 265 g/mol. The molecule has 5 nitrogen and oxygen atoms in total. The maximum Gasteiger partial charge on any atom is 0.271 e. The Morgan fingerprint density at radius 3 is 2.75 bits per heavy atom. The van der Waals surface area contributed by atoms with Crippen molar-refractivity contribution >= 4 is 28.0 Å². The summed E-state index contributed by atoms with van der Waals surface area (Å²) in [7, 11) is 0. The minimum Gasteiger partial charge on any atom is -0.355 e. The second-order valence-electron chi connectivity index (χ2n) is 4.31. The number of anilines is 2. The normalized spacial score (nSPS) is 10.4. The zero-order valence-corrected chi connectivity index (χ0v) is 10.5. The lowest BCUT2D eigenvalue weighted by Crippen LogP contribution is -1.94. The molecule has 1 aromatic heterocycles. The number of pyridine rings is 1. The van der Waals surface area contributed by atoms with Gasteiger partial charge in [-0.25, -0.2) is 0 Å². The van der Waals surface area contributed by atoms with Crippen molar-refractivity contribution in [2.45, 2.75) is 0 Å². The van der Waals surface area contributed by atoms with Gasteiger partial charge in [0, 0.05) is 35.1 Å². The van der Waals surface area contributed by atoms with Gasteiger partial charge in [-0.05, 0) is 18.2 Å². The number of nitro benzene ring substituents is 1. The Morgan fingerprint density at radius 2 is 1.90 bits per heavy atom. The Labute approximate surface area is 115 Å². The van der Waals surface area contributed by atoms with E-state index in [9.17, 15) is 10.1 Å². The summed E-state index contributed by atoms with van der Waals surface area (Å²) in [6, 6.07) is 16.0. The first-order valence-corrected chi connectivity index (χ1v) is 6.09. The second-order valence-corrected chi connectivity index (χ2v) is 4.31. The Morgan fingerprint density at radius 1 is 1.05 bits per heavy atom. The summed E-state index contributed by atoms with van der Waals surface area (Å²) in [5, 5.41) is 15.0. The smallest absolute Gasteiger partial charge is 0.271 e. The highest BCUT2D eigenvalue weighted by Crippen LogP contribution is 2.26. The molecule has 0 amide bonds. The first kappa shape index (κ1) is 12.1. The van der Waals surface area contributed by atoms with Crippen LogP contribution in [0.5, 0.6) is 0 Å². The molecule has 1 N–H and O–H groups in total. The standard InChI is InChI=1S/C15H11N3O2/c19-18(20)12-5-3-4-11(10-12)17-15-8-9-16-14-7-2-1-6-13(14)15/h1-10H,(H,16,17). The van der Waals surface area contributed by atoms with Crippen molar-refractivity contribution in [1.29, 1.82) is 0 Å². The van der Waals surface area contributed by atoms with Crippen molar-refractivity contribution in [1.82, 2.24) is 4.98 Å². The van der Waals surface area contributed by atoms with Gasteiger partial charge in [0.15, 0.2) is 0 Å². The first-order chi connectivity index (χ1) is 9.74. The third-order valence-corrected chi connectivity index (χ3v) is 2.99. The minimum absolute atomic E-state index is 0.0633. The van der Waals surface area contributed by atoms with Gasteiger partial charge in [-0.1, -0.05) is 24.3 Å². The molecular weight excluding hydrogens is 254 g/mol. The zero-order chi connectivity index (χ0) is 13.9. The number of non-ortho nitro benzene ring substituents is 1. The molecule has 3 aromatic rings. The molecule has 0 atom stereocenters. The molecule has 2 aromatic carbocycles. The van der Waals surface area contributed by atoms with Crippen molar-refractivity contribution < 1.29 is 4.92 Å². The van der Waals surface area contributed by atoms with Crippen molar-refractivity contribution in [3.63, 3.8) is 0 Å². The van der Waals surface area contributed by atoms with Crippen LogP contribution < -0.4 is 5.32 Å². The lowest BCUT2D eigenvalue weighted by Gasteiger charge is -2.09. The van der Waals surface area contributed by atoms with Gasteiger partial charge in [0.05, 0.1) is 10.4 Å². The van der Waals surface area contributed by atoms with E-state index in [1.165, 1.54) is 12.1 Å². The van der Waals surface area contributed by atoms with Crippen LogP contribution in [-0.2, 0) is 0 Å². The summed E-state index contributed by atoms with van der Waals surface area (Å²) in [5.74, 6) is 0. The summed E-state index contributed by atoms with van der Waals surface area (Å²) in [6.07, 6.45) is 1.71. The summed E-state index contributed by atoms with van der Waals surface area (Å²) in [6.45, 7) is 0. The lowest BCUT2D eigenvalue weighted by molar-refractivity contribution is -0.384. The van der Waals surface area contributed by atoms with Crippen LogP contribution in [-0.4, -0.2) is 9.91 Å². The summed E-state index contributed by atoms with van der Waals surface area (Å²) in [5.41, 5.74) is 2.49. The number of hydrogen-bond acceptors (Lipinski definition) is 4. The van der Waals surface area contributed by atoms with Crippen LogP contribution in [0.25, 0.3) is 10.9 Å². The summed E-state index contributed by atoms with van der Waals surface area (Å²) < 4.78 is 0. The number of nitro groups is 1. The topological polar surface area (TPSA) is 68.1 Å². The summed E-state index contributed by atoms with van der Waals surface area (Å²) >= 11 is 0. The lowest BCUT2D eigenvalue weighted by atomic mass is 10.2. The van der Waals surface area contributed by atoms with Gasteiger partial charge in [-0.3, -0.25) is 15.1 Å². The van der Waals surface area contributed by atoms with Crippen LogP contribution >= 0.6 is 0 Å². The van der Waals surface area contributed by atoms with Crippen molar-refractivity contribution in [3.8, 4) is 0 Å². The molecule has 0 saturated heterocycles. The Balaban J connectivity index is 2.01. The van der Waals surface area contributed by atoms with E-state index in [1.54, 1.807) is 18.3 Å². The average Bonchev–Trinajstić information content (AvgIpc) is 2.48. The molecule has 1 heterocycles. The number of fused-ring (bicyclic) bond motifs is 1. The molecule has 0 aliphatic rings. The zero-order valence-electron chi connectivity index (χ0n) is 10.5. The Kier molecular flexibility index (Phi) is 3.01. The van der Waals surface area contributed by atoms with Gasteiger partial charge in [0.2, 0.25) is 0 Å². The molecule has 0 spiro atoms. The van der Waals surface area contributed by atoms with E-state index < -0.39 is 4.92 Å². The third-order valence-electron chi connectivity index (χ3n) is 2.99. The fourth-order valence-electron chi connectivity index (χ4n) is 2.06.